The molecular formula is C27H36ClF. The van der Waals surface area contributed by atoms with Crippen molar-refractivity contribution < 1.29 is 4.39 Å². The van der Waals surface area contributed by atoms with Crippen LogP contribution in [-0.2, 0) is 0 Å². The smallest absolute Gasteiger partial charge is 0.143 e. The lowest BCUT2D eigenvalue weighted by atomic mass is 9.68. The summed E-state index contributed by atoms with van der Waals surface area (Å²) in [6.45, 7) is 2.30. The summed E-state index contributed by atoms with van der Waals surface area (Å²) in [4.78, 5) is 0. The van der Waals surface area contributed by atoms with Crippen LogP contribution in [0.15, 0.2) is 30.4 Å². The van der Waals surface area contributed by atoms with Crippen LogP contribution in [0.3, 0.4) is 0 Å². The molecule has 0 N–H and O–H groups in total. The van der Waals surface area contributed by atoms with Crippen LogP contribution >= 0.6 is 11.6 Å². The van der Waals surface area contributed by atoms with Gasteiger partial charge in [0.05, 0.1) is 5.02 Å². The standard InChI is InChI=1S/C27H36ClF/c1-2-3-4-7-21-10-15-24(16-11-21)25-17-12-22(13-18-25)8-5-6-9-23-14-19-26(28)27(29)20-23/h5,8,14,19-22,24-25H,2-4,7,10-13,15-18H2,1H3. The predicted molar refractivity (Wildman–Crippen MR) is 122 cm³/mol. The fraction of sp³-hybridized carbons (Fsp3) is 0.630. The van der Waals surface area contributed by atoms with Gasteiger partial charge < -0.3 is 0 Å². The summed E-state index contributed by atoms with van der Waals surface area (Å²) in [5, 5.41) is 0.146. The fourth-order valence-corrected chi connectivity index (χ4v) is 5.44. The van der Waals surface area contributed by atoms with Gasteiger partial charge in [-0.3, -0.25) is 0 Å². The van der Waals surface area contributed by atoms with Gasteiger partial charge in [0, 0.05) is 5.56 Å². The normalized spacial score (nSPS) is 27.6. The Balaban J connectivity index is 1.37. The first-order valence-corrected chi connectivity index (χ1v) is 12.2. The Kier molecular flexibility index (Phi) is 9.13. The third kappa shape index (κ3) is 7.18. The molecule has 2 aliphatic carbocycles. The van der Waals surface area contributed by atoms with Gasteiger partial charge in [-0.15, -0.1) is 0 Å². The summed E-state index contributed by atoms with van der Waals surface area (Å²) in [5.74, 6) is 9.27. The molecule has 0 heterocycles. The molecule has 1 aromatic carbocycles. The molecule has 0 spiro atoms. The first-order chi connectivity index (χ1) is 14.2. The highest BCUT2D eigenvalue weighted by atomic mass is 35.5. The maximum absolute atomic E-state index is 13.4. The topological polar surface area (TPSA) is 0 Å². The monoisotopic (exact) mass is 414 g/mol. The van der Waals surface area contributed by atoms with E-state index in [1.807, 2.05) is 6.08 Å². The summed E-state index contributed by atoms with van der Waals surface area (Å²) < 4.78 is 13.4. The van der Waals surface area contributed by atoms with Crippen LogP contribution < -0.4 is 0 Å². The minimum absolute atomic E-state index is 0.146. The van der Waals surface area contributed by atoms with Crippen LogP contribution in [0.25, 0.3) is 0 Å². The molecule has 2 saturated carbocycles. The maximum atomic E-state index is 13.4. The van der Waals surface area contributed by atoms with Crippen molar-refractivity contribution in [3.8, 4) is 11.8 Å². The molecular weight excluding hydrogens is 379 g/mol. The fourth-order valence-electron chi connectivity index (χ4n) is 5.32. The van der Waals surface area contributed by atoms with Gasteiger partial charge in [0.1, 0.15) is 5.82 Å². The van der Waals surface area contributed by atoms with E-state index in [9.17, 15) is 4.39 Å². The van der Waals surface area contributed by atoms with E-state index in [1.54, 1.807) is 12.1 Å². The highest BCUT2D eigenvalue weighted by Gasteiger charge is 2.30. The molecule has 3 rings (SSSR count). The molecule has 0 bridgehead atoms. The second kappa shape index (κ2) is 11.8. The van der Waals surface area contributed by atoms with Crippen molar-refractivity contribution in [2.45, 2.75) is 84.0 Å². The minimum atomic E-state index is -0.407. The van der Waals surface area contributed by atoms with Gasteiger partial charge >= 0.3 is 0 Å². The molecule has 29 heavy (non-hydrogen) atoms. The van der Waals surface area contributed by atoms with Gasteiger partial charge in [-0.2, -0.15) is 0 Å². The van der Waals surface area contributed by atoms with Gasteiger partial charge in [-0.05, 0) is 86.5 Å². The second-order valence-corrected chi connectivity index (χ2v) is 9.62. The van der Waals surface area contributed by atoms with E-state index in [4.69, 9.17) is 11.6 Å². The van der Waals surface area contributed by atoms with Crippen molar-refractivity contribution in [2.75, 3.05) is 0 Å². The number of halogens is 2. The highest BCUT2D eigenvalue weighted by Crippen LogP contribution is 2.42. The quantitative estimate of drug-likeness (QED) is 0.323. The van der Waals surface area contributed by atoms with Crippen LogP contribution in [0, 0.1) is 41.3 Å². The van der Waals surface area contributed by atoms with Crippen molar-refractivity contribution in [3.05, 3.63) is 46.8 Å². The summed E-state index contributed by atoms with van der Waals surface area (Å²) in [6, 6.07) is 4.72. The Bertz CT molecular complexity index is 710. The van der Waals surface area contributed by atoms with Crippen LogP contribution in [0.5, 0.6) is 0 Å². The number of hydrogen-bond donors (Lipinski definition) is 0. The number of rotatable bonds is 6. The number of unbranched alkanes of at least 4 members (excludes halogenated alkanes) is 2. The largest absolute Gasteiger partial charge is 0.205 e. The van der Waals surface area contributed by atoms with Gasteiger partial charge in [0.2, 0.25) is 0 Å². The van der Waals surface area contributed by atoms with E-state index in [0.29, 0.717) is 11.5 Å². The van der Waals surface area contributed by atoms with Gasteiger partial charge in [-0.25, -0.2) is 4.39 Å². The summed E-state index contributed by atoms with van der Waals surface area (Å²) in [6.07, 6.45) is 21.2. The summed E-state index contributed by atoms with van der Waals surface area (Å²) >= 11 is 5.71. The van der Waals surface area contributed by atoms with Gasteiger partial charge in [0.25, 0.3) is 0 Å². The van der Waals surface area contributed by atoms with E-state index < -0.39 is 5.82 Å². The number of benzene rings is 1. The molecule has 2 aliphatic rings. The SMILES string of the molecule is CCCCCC1CCC(C2CCC(C=CC#Cc3ccc(Cl)c(F)c3)CC2)CC1. The molecule has 0 atom stereocenters. The zero-order valence-corrected chi connectivity index (χ0v) is 18.7. The average molecular weight is 415 g/mol. The molecule has 2 fully saturated rings. The lowest BCUT2D eigenvalue weighted by Crippen LogP contribution is -2.25. The lowest BCUT2D eigenvalue weighted by Gasteiger charge is -2.37. The zero-order valence-electron chi connectivity index (χ0n) is 17.9. The molecule has 1 aromatic rings. The van der Waals surface area contributed by atoms with Crippen LogP contribution in [0.2, 0.25) is 5.02 Å². The van der Waals surface area contributed by atoms with Crippen molar-refractivity contribution in [2.24, 2.45) is 23.7 Å². The van der Waals surface area contributed by atoms with E-state index in [0.717, 1.165) is 17.8 Å². The molecule has 2 heteroatoms. The van der Waals surface area contributed by atoms with E-state index in [2.05, 4.69) is 24.8 Å². The molecule has 158 valence electrons. The first kappa shape index (κ1) is 22.4. The van der Waals surface area contributed by atoms with Crippen molar-refractivity contribution in [1.29, 1.82) is 0 Å². The molecule has 0 nitrogen and oxygen atoms in total. The highest BCUT2D eigenvalue weighted by molar-refractivity contribution is 6.30. The van der Waals surface area contributed by atoms with Gasteiger partial charge in [-0.1, -0.05) is 75.0 Å². The van der Waals surface area contributed by atoms with Crippen LogP contribution in [0.1, 0.15) is 89.5 Å². The Morgan fingerprint density at radius 3 is 2.34 bits per heavy atom. The van der Waals surface area contributed by atoms with Crippen molar-refractivity contribution >= 4 is 11.6 Å². The van der Waals surface area contributed by atoms with E-state index in [1.165, 1.54) is 83.1 Å². The second-order valence-electron chi connectivity index (χ2n) is 9.21. The van der Waals surface area contributed by atoms with Crippen LogP contribution in [0.4, 0.5) is 4.39 Å². The van der Waals surface area contributed by atoms with Gasteiger partial charge in [0.15, 0.2) is 0 Å². The molecule has 0 unspecified atom stereocenters. The molecule has 0 saturated heterocycles. The summed E-state index contributed by atoms with van der Waals surface area (Å²) in [5.41, 5.74) is 0.672. The molecule has 0 aromatic heterocycles. The van der Waals surface area contributed by atoms with E-state index >= 15 is 0 Å². The number of allylic oxidation sites excluding steroid dienone is 2. The third-order valence-electron chi connectivity index (χ3n) is 7.18. The minimum Gasteiger partial charge on any atom is -0.205 e. The average Bonchev–Trinajstić information content (AvgIpc) is 2.75. The van der Waals surface area contributed by atoms with Crippen molar-refractivity contribution in [1.82, 2.24) is 0 Å². The third-order valence-corrected chi connectivity index (χ3v) is 7.48. The summed E-state index contributed by atoms with van der Waals surface area (Å²) in [7, 11) is 0. The Labute approximate surface area is 182 Å². The maximum Gasteiger partial charge on any atom is 0.143 e. The first-order valence-electron chi connectivity index (χ1n) is 11.8. The Hall–Kier alpha value is -1.26. The zero-order chi connectivity index (χ0) is 20.5. The Morgan fingerprint density at radius 1 is 1.00 bits per heavy atom. The molecule has 0 radical (unpaired) electrons. The predicted octanol–water partition coefficient (Wildman–Crippen LogP) is 8.58. The van der Waals surface area contributed by atoms with E-state index in [-0.39, 0.29) is 5.02 Å². The Morgan fingerprint density at radius 2 is 1.69 bits per heavy atom. The van der Waals surface area contributed by atoms with Crippen molar-refractivity contribution in [3.63, 3.8) is 0 Å². The molecule has 0 amide bonds. The number of hydrogen-bond acceptors (Lipinski definition) is 0. The molecule has 0 aliphatic heterocycles. The van der Waals surface area contributed by atoms with Crippen LogP contribution in [-0.4, -0.2) is 0 Å². The lowest BCUT2D eigenvalue weighted by molar-refractivity contribution is 0.151.